The molecule has 0 fully saturated rings. The lowest BCUT2D eigenvalue weighted by Crippen LogP contribution is -2.20. The molecule has 0 aliphatic rings. The van der Waals surface area contributed by atoms with Crippen molar-refractivity contribution in [2.75, 3.05) is 0 Å². The third kappa shape index (κ3) is 4.04. The fourth-order valence-corrected chi connectivity index (χ4v) is 2.23. The Labute approximate surface area is 111 Å². The molecule has 0 spiro atoms. The van der Waals surface area contributed by atoms with Crippen LogP contribution in [0.1, 0.15) is 64.6 Å². The first-order valence-electron chi connectivity index (χ1n) is 7.40. The van der Waals surface area contributed by atoms with Crippen LogP contribution in [0.3, 0.4) is 0 Å². The van der Waals surface area contributed by atoms with Crippen LogP contribution < -0.4 is 5.56 Å². The lowest BCUT2D eigenvalue weighted by Gasteiger charge is -2.03. The molecular formula is C15H28N2O. The van der Waals surface area contributed by atoms with Crippen molar-refractivity contribution in [2.45, 2.75) is 72.8 Å². The van der Waals surface area contributed by atoms with Crippen molar-refractivity contribution in [3.63, 3.8) is 0 Å². The molecular weight excluding hydrogens is 224 g/mol. The molecule has 0 aromatic carbocycles. The van der Waals surface area contributed by atoms with E-state index < -0.39 is 0 Å². The molecule has 1 heterocycles. The molecule has 0 atom stereocenters. The van der Waals surface area contributed by atoms with Crippen molar-refractivity contribution in [1.82, 2.24) is 9.78 Å². The predicted octanol–water partition coefficient (Wildman–Crippen LogP) is 3.52. The van der Waals surface area contributed by atoms with E-state index >= 15 is 0 Å². The minimum atomic E-state index is 0.211. The summed E-state index contributed by atoms with van der Waals surface area (Å²) in [5, 5.41) is 3.33. The van der Waals surface area contributed by atoms with E-state index in [9.17, 15) is 4.79 Å². The third-order valence-corrected chi connectivity index (χ3v) is 3.27. The summed E-state index contributed by atoms with van der Waals surface area (Å²) >= 11 is 0. The Morgan fingerprint density at radius 3 is 2.39 bits per heavy atom. The van der Waals surface area contributed by atoms with Crippen LogP contribution in [0, 0.1) is 5.92 Å². The van der Waals surface area contributed by atoms with Crippen LogP contribution in [0.25, 0.3) is 0 Å². The Kier molecular flexibility index (Phi) is 6.23. The van der Waals surface area contributed by atoms with Crippen molar-refractivity contribution < 1.29 is 0 Å². The second-order valence-electron chi connectivity index (χ2n) is 5.58. The maximum absolute atomic E-state index is 12.3. The highest BCUT2D eigenvalue weighted by Crippen LogP contribution is 2.11. The summed E-state index contributed by atoms with van der Waals surface area (Å²) in [7, 11) is 0. The van der Waals surface area contributed by atoms with Gasteiger partial charge in [-0.15, -0.1) is 0 Å². The zero-order chi connectivity index (χ0) is 13.5. The fraction of sp³-hybridized carbons (Fsp3) is 0.800. The molecule has 1 N–H and O–H groups in total. The highest BCUT2D eigenvalue weighted by atomic mass is 16.1. The highest BCUT2D eigenvalue weighted by molar-refractivity contribution is 5.18. The number of unbranched alkanes of at least 4 members (excludes halogenated alkanes) is 2. The number of nitrogens with one attached hydrogen (secondary N) is 1. The van der Waals surface area contributed by atoms with Crippen LogP contribution in [-0.2, 0) is 19.4 Å². The number of rotatable bonds is 8. The second kappa shape index (κ2) is 7.45. The van der Waals surface area contributed by atoms with Gasteiger partial charge in [0, 0.05) is 17.8 Å². The Morgan fingerprint density at radius 1 is 1.17 bits per heavy atom. The van der Waals surface area contributed by atoms with Gasteiger partial charge in [-0.1, -0.05) is 40.5 Å². The van der Waals surface area contributed by atoms with Gasteiger partial charge in [0.1, 0.15) is 0 Å². The quantitative estimate of drug-likeness (QED) is 0.755. The number of hydrogen-bond acceptors (Lipinski definition) is 1. The first kappa shape index (κ1) is 15.1. The van der Waals surface area contributed by atoms with Gasteiger partial charge in [-0.05, 0) is 31.6 Å². The first-order chi connectivity index (χ1) is 8.60. The van der Waals surface area contributed by atoms with E-state index in [4.69, 9.17) is 0 Å². The van der Waals surface area contributed by atoms with E-state index in [-0.39, 0.29) is 5.56 Å². The molecule has 1 aromatic rings. The smallest absolute Gasteiger partial charge is 0.269 e. The molecule has 0 saturated carbocycles. The van der Waals surface area contributed by atoms with Gasteiger partial charge in [0.25, 0.3) is 5.56 Å². The van der Waals surface area contributed by atoms with Crippen LogP contribution >= 0.6 is 0 Å². The van der Waals surface area contributed by atoms with Gasteiger partial charge in [-0.2, -0.15) is 0 Å². The van der Waals surface area contributed by atoms with Crippen molar-refractivity contribution in [2.24, 2.45) is 5.92 Å². The van der Waals surface area contributed by atoms with E-state index in [0.29, 0.717) is 5.92 Å². The summed E-state index contributed by atoms with van der Waals surface area (Å²) < 4.78 is 1.81. The molecule has 0 unspecified atom stereocenters. The Bertz CT molecular complexity index is 401. The first-order valence-corrected chi connectivity index (χ1v) is 7.40. The topological polar surface area (TPSA) is 37.8 Å². The third-order valence-electron chi connectivity index (χ3n) is 3.27. The van der Waals surface area contributed by atoms with E-state index in [2.05, 4.69) is 32.8 Å². The lowest BCUT2D eigenvalue weighted by molar-refractivity contribution is 0.548. The Balaban J connectivity index is 2.94. The second-order valence-corrected chi connectivity index (χ2v) is 5.58. The van der Waals surface area contributed by atoms with Gasteiger partial charge in [0.2, 0.25) is 0 Å². The minimum absolute atomic E-state index is 0.211. The van der Waals surface area contributed by atoms with Crippen LogP contribution in [0.15, 0.2) is 4.79 Å². The summed E-state index contributed by atoms with van der Waals surface area (Å²) in [4.78, 5) is 12.3. The predicted molar refractivity (Wildman–Crippen MR) is 77.1 cm³/mol. The Morgan fingerprint density at radius 2 is 1.83 bits per heavy atom. The lowest BCUT2D eigenvalue weighted by atomic mass is 10.0. The molecule has 18 heavy (non-hydrogen) atoms. The monoisotopic (exact) mass is 252 g/mol. The van der Waals surface area contributed by atoms with Crippen molar-refractivity contribution >= 4 is 0 Å². The number of aryl methyl sites for hydroxylation is 2. The summed E-state index contributed by atoms with van der Waals surface area (Å²) in [6, 6.07) is 0. The zero-order valence-corrected chi connectivity index (χ0v) is 12.4. The SMILES string of the molecule is CCCCc1[nH]n(CCCC)c(=O)c1CC(C)C. The van der Waals surface area contributed by atoms with Gasteiger partial charge in [0.15, 0.2) is 0 Å². The van der Waals surface area contributed by atoms with Gasteiger partial charge in [-0.3, -0.25) is 14.6 Å². The fourth-order valence-electron chi connectivity index (χ4n) is 2.23. The Hall–Kier alpha value is -0.990. The molecule has 3 heteroatoms. The average molecular weight is 252 g/mol. The van der Waals surface area contributed by atoms with E-state index in [1.807, 2.05) is 4.68 Å². The molecule has 0 aliphatic carbocycles. The molecule has 0 amide bonds. The van der Waals surface area contributed by atoms with Crippen LogP contribution in [-0.4, -0.2) is 9.78 Å². The van der Waals surface area contributed by atoms with E-state index in [1.165, 1.54) is 12.1 Å². The van der Waals surface area contributed by atoms with Crippen LogP contribution in [0.4, 0.5) is 0 Å². The summed E-state index contributed by atoms with van der Waals surface area (Å²) in [6.45, 7) is 9.51. The summed E-state index contributed by atoms with van der Waals surface area (Å²) in [5.41, 5.74) is 2.41. The maximum Gasteiger partial charge on any atom is 0.269 e. The highest BCUT2D eigenvalue weighted by Gasteiger charge is 2.14. The molecule has 104 valence electrons. The van der Waals surface area contributed by atoms with Gasteiger partial charge in [0.05, 0.1) is 0 Å². The number of aromatic nitrogens is 2. The van der Waals surface area contributed by atoms with Gasteiger partial charge < -0.3 is 0 Å². The van der Waals surface area contributed by atoms with Crippen molar-refractivity contribution in [3.05, 3.63) is 21.6 Å². The zero-order valence-electron chi connectivity index (χ0n) is 12.4. The van der Waals surface area contributed by atoms with Gasteiger partial charge >= 0.3 is 0 Å². The van der Waals surface area contributed by atoms with E-state index in [1.54, 1.807) is 0 Å². The number of hydrogen-bond donors (Lipinski definition) is 1. The summed E-state index contributed by atoms with van der Waals surface area (Å²) in [5.74, 6) is 0.536. The van der Waals surface area contributed by atoms with Crippen molar-refractivity contribution in [1.29, 1.82) is 0 Å². The van der Waals surface area contributed by atoms with Crippen LogP contribution in [0.5, 0.6) is 0 Å². The molecule has 0 radical (unpaired) electrons. The molecule has 1 rings (SSSR count). The van der Waals surface area contributed by atoms with Crippen molar-refractivity contribution in [3.8, 4) is 0 Å². The standard InChI is InChI=1S/C15H28N2O/c1-5-7-9-14-13(11-12(3)4)15(18)17(16-14)10-8-6-2/h12,16H,5-11H2,1-4H3. The maximum atomic E-state index is 12.3. The molecule has 0 aliphatic heterocycles. The minimum Gasteiger partial charge on any atom is -0.299 e. The summed E-state index contributed by atoms with van der Waals surface area (Å²) in [6.07, 6.45) is 6.41. The largest absolute Gasteiger partial charge is 0.299 e. The van der Waals surface area contributed by atoms with Gasteiger partial charge in [-0.25, -0.2) is 0 Å². The molecule has 0 bridgehead atoms. The number of H-pyrrole nitrogens is 1. The van der Waals surface area contributed by atoms with Crippen LogP contribution in [0.2, 0.25) is 0 Å². The number of nitrogens with zero attached hydrogens (tertiary/aromatic N) is 1. The molecule has 1 aromatic heterocycles. The average Bonchev–Trinajstić information content (AvgIpc) is 2.61. The normalized spacial score (nSPS) is 11.4. The number of aromatic amines is 1. The molecule has 3 nitrogen and oxygen atoms in total. The molecule has 0 saturated heterocycles. The van der Waals surface area contributed by atoms with E-state index in [0.717, 1.165) is 44.2 Å².